The summed E-state index contributed by atoms with van der Waals surface area (Å²) in [6.45, 7) is 8.23. The fourth-order valence-electron chi connectivity index (χ4n) is 2.16. The normalized spacial score (nSPS) is 18.0. The van der Waals surface area contributed by atoms with Crippen LogP contribution in [0.2, 0.25) is 0 Å². The van der Waals surface area contributed by atoms with Gasteiger partial charge in [-0.2, -0.15) is 0 Å². The van der Waals surface area contributed by atoms with Gasteiger partial charge in [0, 0.05) is 46.4 Å². The molecule has 0 aromatic carbocycles. The van der Waals surface area contributed by atoms with Gasteiger partial charge in [-0.3, -0.25) is 4.99 Å². The van der Waals surface area contributed by atoms with Crippen molar-refractivity contribution in [1.29, 1.82) is 0 Å². The molecule has 1 aliphatic heterocycles. The number of aliphatic imine (C=N–C) groups is 1. The highest BCUT2D eigenvalue weighted by atomic mass is 127. The zero-order chi connectivity index (χ0) is 16.4. The van der Waals surface area contributed by atoms with E-state index in [1.807, 2.05) is 0 Å². The third-order valence-corrected chi connectivity index (χ3v) is 5.25. The second-order valence-electron chi connectivity index (χ2n) is 5.82. The van der Waals surface area contributed by atoms with Gasteiger partial charge in [0.15, 0.2) is 5.96 Å². The van der Waals surface area contributed by atoms with E-state index in [0.717, 1.165) is 32.6 Å². The maximum atomic E-state index is 11.7. The fraction of sp³-hybridized carbons (Fsp3) is 0.929. The van der Waals surface area contributed by atoms with Crippen LogP contribution in [0.15, 0.2) is 4.99 Å². The van der Waals surface area contributed by atoms with Crippen LogP contribution in [-0.4, -0.2) is 70.9 Å². The predicted molar refractivity (Wildman–Crippen MR) is 105 cm³/mol. The molecule has 0 amide bonds. The molecule has 0 aliphatic carbocycles. The average molecular weight is 462 g/mol. The van der Waals surface area contributed by atoms with Crippen LogP contribution in [-0.2, 0) is 14.8 Å². The van der Waals surface area contributed by atoms with Crippen LogP contribution in [0.5, 0.6) is 0 Å². The quantitative estimate of drug-likeness (QED) is 0.230. The maximum Gasteiger partial charge on any atom is 0.214 e. The third-order valence-electron chi connectivity index (χ3n) is 3.29. The predicted octanol–water partition coefficient (Wildman–Crippen LogP) is 0.868. The standard InChI is InChI=1S/C14H30N4O3S.HI/c1-13(2)12-21-10-4-6-16-14(15-3)17-7-9-18-8-5-11-22(18,19)20;/h13H,4-12H2,1-3H3,(H2,15,16,17);1H. The summed E-state index contributed by atoms with van der Waals surface area (Å²) in [6.07, 6.45) is 1.64. The molecule has 138 valence electrons. The Labute approximate surface area is 157 Å². The minimum Gasteiger partial charge on any atom is -0.381 e. The first-order valence-corrected chi connectivity index (χ1v) is 9.56. The molecule has 2 N–H and O–H groups in total. The molecule has 9 heteroatoms. The van der Waals surface area contributed by atoms with E-state index in [4.69, 9.17) is 4.74 Å². The van der Waals surface area contributed by atoms with Crippen molar-refractivity contribution in [3.05, 3.63) is 0 Å². The summed E-state index contributed by atoms with van der Waals surface area (Å²) >= 11 is 0. The summed E-state index contributed by atoms with van der Waals surface area (Å²) in [7, 11) is -1.30. The van der Waals surface area contributed by atoms with Gasteiger partial charge in [0.2, 0.25) is 10.0 Å². The Morgan fingerprint density at radius 2 is 2.00 bits per heavy atom. The van der Waals surface area contributed by atoms with Crippen molar-refractivity contribution in [3.63, 3.8) is 0 Å². The van der Waals surface area contributed by atoms with Crippen molar-refractivity contribution in [2.75, 3.05) is 52.2 Å². The van der Waals surface area contributed by atoms with E-state index in [1.54, 1.807) is 7.05 Å². The number of ether oxygens (including phenoxy) is 1. The zero-order valence-corrected chi connectivity index (χ0v) is 17.5. The van der Waals surface area contributed by atoms with Gasteiger partial charge in [-0.25, -0.2) is 12.7 Å². The number of hydrogen-bond acceptors (Lipinski definition) is 4. The summed E-state index contributed by atoms with van der Waals surface area (Å²) in [6, 6.07) is 0. The summed E-state index contributed by atoms with van der Waals surface area (Å²) in [5.41, 5.74) is 0. The fourth-order valence-corrected chi connectivity index (χ4v) is 3.69. The molecule has 0 aromatic rings. The van der Waals surface area contributed by atoms with Gasteiger partial charge >= 0.3 is 0 Å². The SMILES string of the molecule is CN=C(NCCCOCC(C)C)NCCN1CCCS1(=O)=O.I. The lowest BCUT2D eigenvalue weighted by molar-refractivity contribution is 0.108. The van der Waals surface area contributed by atoms with Gasteiger partial charge in [0.25, 0.3) is 0 Å². The molecule has 0 bridgehead atoms. The molecule has 1 fully saturated rings. The first-order valence-electron chi connectivity index (χ1n) is 7.96. The monoisotopic (exact) mass is 462 g/mol. The lowest BCUT2D eigenvalue weighted by Gasteiger charge is -2.16. The Balaban J connectivity index is 0.00000484. The third kappa shape index (κ3) is 9.68. The Hall–Kier alpha value is -0.130. The van der Waals surface area contributed by atoms with Crippen LogP contribution in [0.25, 0.3) is 0 Å². The molecule has 0 unspecified atom stereocenters. The van der Waals surface area contributed by atoms with Crippen molar-refractivity contribution in [3.8, 4) is 0 Å². The number of sulfonamides is 1. The molecular formula is C14H31IN4O3S. The van der Waals surface area contributed by atoms with Gasteiger partial charge < -0.3 is 15.4 Å². The van der Waals surface area contributed by atoms with E-state index in [2.05, 4.69) is 29.5 Å². The lowest BCUT2D eigenvalue weighted by atomic mass is 10.2. The van der Waals surface area contributed by atoms with Gasteiger partial charge in [0.1, 0.15) is 0 Å². The molecule has 1 heterocycles. The van der Waals surface area contributed by atoms with Crippen LogP contribution in [0, 0.1) is 5.92 Å². The number of halogens is 1. The molecule has 0 spiro atoms. The molecule has 7 nitrogen and oxygen atoms in total. The number of nitrogens with zero attached hydrogens (tertiary/aromatic N) is 2. The second kappa shape index (κ2) is 12.3. The maximum absolute atomic E-state index is 11.7. The van der Waals surface area contributed by atoms with Gasteiger partial charge in [-0.1, -0.05) is 13.8 Å². The highest BCUT2D eigenvalue weighted by Gasteiger charge is 2.27. The van der Waals surface area contributed by atoms with E-state index < -0.39 is 10.0 Å². The summed E-state index contributed by atoms with van der Waals surface area (Å²) < 4.78 is 30.4. The van der Waals surface area contributed by atoms with Crippen LogP contribution < -0.4 is 10.6 Å². The van der Waals surface area contributed by atoms with Crippen LogP contribution >= 0.6 is 24.0 Å². The first kappa shape index (κ1) is 22.9. The van der Waals surface area contributed by atoms with E-state index in [1.165, 1.54) is 4.31 Å². The Morgan fingerprint density at radius 1 is 1.30 bits per heavy atom. The minimum atomic E-state index is -3.01. The van der Waals surface area contributed by atoms with E-state index in [9.17, 15) is 8.42 Å². The average Bonchev–Trinajstić information content (AvgIpc) is 2.79. The number of hydrogen-bond donors (Lipinski definition) is 2. The Bertz CT molecular complexity index is 443. The van der Waals surface area contributed by atoms with Crippen molar-refractivity contribution in [2.45, 2.75) is 26.7 Å². The molecule has 0 atom stereocenters. The largest absolute Gasteiger partial charge is 0.381 e. The lowest BCUT2D eigenvalue weighted by Crippen LogP contribution is -2.42. The van der Waals surface area contributed by atoms with Crippen molar-refractivity contribution in [2.24, 2.45) is 10.9 Å². The van der Waals surface area contributed by atoms with Crippen LogP contribution in [0.3, 0.4) is 0 Å². The van der Waals surface area contributed by atoms with Crippen molar-refractivity contribution < 1.29 is 13.2 Å². The van der Waals surface area contributed by atoms with Crippen molar-refractivity contribution in [1.82, 2.24) is 14.9 Å². The Morgan fingerprint density at radius 3 is 2.57 bits per heavy atom. The molecule has 0 aromatic heterocycles. The van der Waals surface area contributed by atoms with Gasteiger partial charge in [-0.15, -0.1) is 24.0 Å². The number of guanidine groups is 1. The molecular weight excluding hydrogens is 431 g/mol. The van der Waals surface area contributed by atoms with Crippen LogP contribution in [0.4, 0.5) is 0 Å². The van der Waals surface area contributed by atoms with Gasteiger partial charge in [0.05, 0.1) is 5.75 Å². The molecule has 0 saturated carbocycles. The van der Waals surface area contributed by atoms with E-state index in [-0.39, 0.29) is 29.7 Å². The number of rotatable bonds is 9. The summed E-state index contributed by atoms with van der Waals surface area (Å²) in [5.74, 6) is 1.53. The highest BCUT2D eigenvalue weighted by Crippen LogP contribution is 2.11. The highest BCUT2D eigenvalue weighted by molar-refractivity contribution is 14.0. The molecule has 0 radical (unpaired) electrons. The first-order chi connectivity index (χ1) is 10.5. The summed E-state index contributed by atoms with van der Waals surface area (Å²) in [5, 5.41) is 6.33. The smallest absolute Gasteiger partial charge is 0.214 e. The van der Waals surface area contributed by atoms with E-state index in [0.29, 0.717) is 31.5 Å². The molecule has 1 rings (SSSR count). The summed E-state index contributed by atoms with van der Waals surface area (Å²) in [4.78, 5) is 4.12. The number of nitrogens with one attached hydrogen (secondary N) is 2. The topological polar surface area (TPSA) is 83.0 Å². The molecule has 1 saturated heterocycles. The minimum absolute atomic E-state index is 0. The zero-order valence-electron chi connectivity index (χ0n) is 14.4. The molecule has 1 aliphatic rings. The van der Waals surface area contributed by atoms with E-state index >= 15 is 0 Å². The Kier molecular flexibility index (Phi) is 12.2. The van der Waals surface area contributed by atoms with Gasteiger partial charge in [-0.05, 0) is 18.8 Å². The van der Waals surface area contributed by atoms with Crippen molar-refractivity contribution >= 4 is 40.0 Å². The second-order valence-corrected chi connectivity index (χ2v) is 7.91. The molecule has 23 heavy (non-hydrogen) atoms. The van der Waals surface area contributed by atoms with Crippen LogP contribution in [0.1, 0.15) is 26.7 Å².